The summed E-state index contributed by atoms with van der Waals surface area (Å²) < 4.78 is 7.10. The second-order valence-electron chi connectivity index (χ2n) is 5.84. The van der Waals surface area contributed by atoms with Gasteiger partial charge >= 0.3 is 5.97 Å². The predicted octanol–water partition coefficient (Wildman–Crippen LogP) is 4.41. The Balaban J connectivity index is 1.38. The first-order valence-electron chi connectivity index (χ1n) is 8.46. The summed E-state index contributed by atoms with van der Waals surface area (Å²) in [6.07, 6.45) is 3.51. The van der Waals surface area contributed by atoms with E-state index in [1.54, 1.807) is 65.5 Å². The molecule has 28 heavy (non-hydrogen) atoms. The summed E-state index contributed by atoms with van der Waals surface area (Å²) in [5, 5.41) is 8.79. The van der Waals surface area contributed by atoms with Crippen molar-refractivity contribution in [1.29, 1.82) is 0 Å². The minimum absolute atomic E-state index is 0.169. The Morgan fingerprint density at radius 1 is 0.964 bits per heavy atom. The van der Waals surface area contributed by atoms with Crippen molar-refractivity contribution >= 4 is 28.9 Å². The molecule has 0 aliphatic rings. The molecule has 2 aromatic carbocycles. The Labute approximate surface area is 165 Å². The minimum Gasteiger partial charge on any atom is -0.423 e. The van der Waals surface area contributed by atoms with Crippen LogP contribution < -0.4 is 10.1 Å². The molecule has 4 aromatic rings. The number of rotatable bonds is 5. The lowest BCUT2D eigenvalue weighted by Crippen LogP contribution is -2.11. The predicted molar refractivity (Wildman–Crippen MR) is 107 cm³/mol. The van der Waals surface area contributed by atoms with Gasteiger partial charge in [-0.1, -0.05) is 6.07 Å². The Bertz CT molecular complexity index is 1070. The van der Waals surface area contributed by atoms with Crippen molar-refractivity contribution in [1.82, 2.24) is 9.78 Å². The zero-order chi connectivity index (χ0) is 19.3. The number of anilines is 1. The van der Waals surface area contributed by atoms with E-state index in [-0.39, 0.29) is 5.91 Å². The number of carbonyl (C=O) groups excluding carboxylic acids is 2. The quantitative estimate of drug-likeness (QED) is 0.405. The topological polar surface area (TPSA) is 73.2 Å². The highest BCUT2D eigenvalue weighted by atomic mass is 32.1. The monoisotopic (exact) mass is 389 g/mol. The van der Waals surface area contributed by atoms with Gasteiger partial charge in [0.1, 0.15) is 5.75 Å². The molecule has 2 aromatic heterocycles. The second kappa shape index (κ2) is 7.89. The van der Waals surface area contributed by atoms with Crippen LogP contribution in [0.1, 0.15) is 20.0 Å². The van der Waals surface area contributed by atoms with E-state index in [0.717, 1.165) is 5.69 Å². The van der Waals surface area contributed by atoms with Crippen LogP contribution in [0.15, 0.2) is 84.5 Å². The lowest BCUT2D eigenvalue weighted by atomic mass is 10.2. The Hall–Kier alpha value is -3.71. The summed E-state index contributed by atoms with van der Waals surface area (Å²) in [5.74, 6) is -0.227. The van der Waals surface area contributed by atoms with Gasteiger partial charge in [-0.2, -0.15) is 5.10 Å². The fourth-order valence-electron chi connectivity index (χ4n) is 2.54. The van der Waals surface area contributed by atoms with Gasteiger partial charge in [0.2, 0.25) is 0 Å². The zero-order valence-corrected chi connectivity index (χ0v) is 15.4. The molecule has 1 N–H and O–H groups in total. The van der Waals surface area contributed by atoms with E-state index >= 15 is 0 Å². The summed E-state index contributed by atoms with van der Waals surface area (Å²) in [6.45, 7) is 0. The summed E-state index contributed by atoms with van der Waals surface area (Å²) >= 11 is 1.37. The molecule has 0 bridgehead atoms. The molecule has 138 valence electrons. The number of carbonyl (C=O) groups is 2. The van der Waals surface area contributed by atoms with Crippen LogP contribution in [0.3, 0.4) is 0 Å². The number of hydrogen-bond donors (Lipinski definition) is 1. The number of nitrogens with zero attached hydrogens (tertiary/aromatic N) is 2. The van der Waals surface area contributed by atoms with Gasteiger partial charge < -0.3 is 10.1 Å². The van der Waals surface area contributed by atoms with Crippen molar-refractivity contribution in [2.45, 2.75) is 0 Å². The number of thiophene rings is 1. The maximum Gasteiger partial charge on any atom is 0.343 e. The van der Waals surface area contributed by atoms with E-state index in [1.165, 1.54) is 11.3 Å². The summed E-state index contributed by atoms with van der Waals surface area (Å²) in [4.78, 5) is 25.0. The highest BCUT2D eigenvalue weighted by Gasteiger charge is 2.10. The molecule has 0 aliphatic carbocycles. The van der Waals surface area contributed by atoms with Gasteiger partial charge in [0.05, 0.1) is 16.1 Å². The highest BCUT2D eigenvalue weighted by molar-refractivity contribution is 7.12. The summed E-state index contributed by atoms with van der Waals surface area (Å²) in [5.41, 5.74) is 1.92. The highest BCUT2D eigenvalue weighted by Crippen LogP contribution is 2.19. The number of hydrogen-bond acceptors (Lipinski definition) is 5. The second-order valence-corrected chi connectivity index (χ2v) is 6.79. The van der Waals surface area contributed by atoms with Gasteiger partial charge in [-0.05, 0) is 66.0 Å². The average molecular weight is 389 g/mol. The van der Waals surface area contributed by atoms with Crippen LogP contribution in [0.4, 0.5) is 5.69 Å². The van der Waals surface area contributed by atoms with Crippen LogP contribution in [-0.2, 0) is 0 Å². The van der Waals surface area contributed by atoms with Gasteiger partial charge in [-0.3, -0.25) is 4.79 Å². The van der Waals surface area contributed by atoms with Crippen LogP contribution in [-0.4, -0.2) is 21.7 Å². The third-order valence-electron chi connectivity index (χ3n) is 3.94. The molecule has 0 saturated carbocycles. The van der Waals surface area contributed by atoms with E-state index in [0.29, 0.717) is 21.9 Å². The Morgan fingerprint density at radius 2 is 1.75 bits per heavy atom. The first kappa shape index (κ1) is 17.7. The van der Waals surface area contributed by atoms with Gasteiger partial charge in [0.15, 0.2) is 0 Å². The van der Waals surface area contributed by atoms with E-state index in [9.17, 15) is 9.59 Å². The fraction of sp³-hybridized carbons (Fsp3) is 0. The molecule has 0 spiro atoms. The molecule has 2 heterocycles. The van der Waals surface area contributed by atoms with E-state index in [2.05, 4.69) is 10.4 Å². The number of esters is 1. The standard InChI is InChI=1S/C21H15N3O3S/c25-20(19-3-1-14-28-19)23-16-6-10-18(11-7-16)27-21(26)15-4-8-17(9-5-15)24-13-2-12-22-24/h1-14H,(H,23,25). The molecule has 0 radical (unpaired) electrons. The smallest absolute Gasteiger partial charge is 0.343 e. The number of aromatic nitrogens is 2. The summed E-state index contributed by atoms with van der Waals surface area (Å²) in [6, 6.07) is 19.0. The first-order valence-corrected chi connectivity index (χ1v) is 9.34. The largest absolute Gasteiger partial charge is 0.423 e. The molecule has 1 amide bonds. The number of nitrogens with one attached hydrogen (secondary N) is 1. The Kier molecular flexibility index (Phi) is 4.99. The van der Waals surface area contributed by atoms with Gasteiger partial charge in [-0.25, -0.2) is 9.48 Å². The van der Waals surface area contributed by atoms with Crippen LogP contribution in [0, 0.1) is 0 Å². The molecular weight excluding hydrogens is 374 g/mol. The van der Waals surface area contributed by atoms with Gasteiger partial charge in [-0.15, -0.1) is 11.3 Å². The normalized spacial score (nSPS) is 10.4. The Morgan fingerprint density at radius 3 is 2.39 bits per heavy atom. The SMILES string of the molecule is O=C(Oc1ccc(NC(=O)c2cccs2)cc1)c1ccc(-n2cccn2)cc1. The van der Waals surface area contributed by atoms with Crippen molar-refractivity contribution in [3.8, 4) is 11.4 Å². The third-order valence-corrected chi connectivity index (χ3v) is 4.81. The van der Waals surface area contributed by atoms with Crippen LogP contribution in [0.5, 0.6) is 5.75 Å². The van der Waals surface area contributed by atoms with E-state index in [4.69, 9.17) is 4.74 Å². The van der Waals surface area contributed by atoms with Crippen LogP contribution in [0.25, 0.3) is 5.69 Å². The zero-order valence-electron chi connectivity index (χ0n) is 14.6. The van der Waals surface area contributed by atoms with E-state index < -0.39 is 5.97 Å². The van der Waals surface area contributed by atoms with Crippen molar-refractivity contribution in [3.05, 3.63) is 94.9 Å². The number of benzene rings is 2. The van der Waals surface area contributed by atoms with Crippen molar-refractivity contribution in [3.63, 3.8) is 0 Å². The molecule has 6 nitrogen and oxygen atoms in total. The van der Waals surface area contributed by atoms with E-state index in [1.807, 2.05) is 23.7 Å². The number of ether oxygens (including phenoxy) is 1. The molecular formula is C21H15N3O3S. The first-order chi connectivity index (χ1) is 13.7. The van der Waals surface area contributed by atoms with Gasteiger partial charge in [0.25, 0.3) is 5.91 Å². The summed E-state index contributed by atoms with van der Waals surface area (Å²) in [7, 11) is 0. The lowest BCUT2D eigenvalue weighted by Gasteiger charge is -2.07. The van der Waals surface area contributed by atoms with Crippen LogP contribution in [0.2, 0.25) is 0 Å². The maximum absolute atomic E-state index is 12.3. The molecule has 0 aliphatic heterocycles. The molecule has 0 unspecified atom stereocenters. The average Bonchev–Trinajstić information content (AvgIpc) is 3.44. The molecule has 0 fully saturated rings. The van der Waals surface area contributed by atoms with Crippen LogP contribution >= 0.6 is 11.3 Å². The molecule has 7 heteroatoms. The molecule has 0 saturated heterocycles. The van der Waals surface area contributed by atoms with Crippen molar-refractivity contribution < 1.29 is 14.3 Å². The molecule has 0 atom stereocenters. The minimum atomic E-state index is -0.456. The maximum atomic E-state index is 12.3. The molecule has 4 rings (SSSR count). The van der Waals surface area contributed by atoms with Crippen molar-refractivity contribution in [2.24, 2.45) is 0 Å². The fourth-order valence-corrected chi connectivity index (χ4v) is 3.16. The third kappa shape index (κ3) is 3.99. The number of amides is 1. The van der Waals surface area contributed by atoms with Crippen molar-refractivity contribution in [2.75, 3.05) is 5.32 Å². The lowest BCUT2D eigenvalue weighted by molar-refractivity contribution is 0.0734. The van der Waals surface area contributed by atoms with Gasteiger partial charge in [0, 0.05) is 18.1 Å².